The Morgan fingerprint density at radius 1 is 0.860 bits per heavy atom. The standard InChI is InChI=1S/C33H32N8O2/c1-2-39-31-28(32(42)41(33(39)43)25-16-10-5-11-17-25)40(30(34-31)24-14-8-4-9-15-24)21-22-18-19-26(23-12-6-3-7-13-23)27(20-22)29-35-37-38-36-29/h3,5-7,10-13,16-20,24H,2,4,8-9,14-15,21H2,1H3,(H,35,36,37,38). The molecule has 3 aromatic carbocycles. The summed E-state index contributed by atoms with van der Waals surface area (Å²) in [5.41, 5.74) is 4.54. The second-order valence-electron chi connectivity index (χ2n) is 11.0. The summed E-state index contributed by atoms with van der Waals surface area (Å²) in [5, 5.41) is 14.9. The third kappa shape index (κ3) is 4.78. The van der Waals surface area contributed by atoms with Crippen molar-refractivity contribution in [2.24, 2.45) is 0 Å². The van der Waals surface area contributed by atoms with Crippen molar-refractivity contribution in [1.82, 2.24) is 39.3 Å². The minimum absolute atomic E-state index is 0.214. The maximum absolute atomic E-state index is 14.3. The molecule has 43 heavy (non-hydrogen) atoms. The van der Waals surface area contributed by atoms with Crippen LogP contribution in [0.3, 0.4) is 0 Å². The van der Waals surface area contributed by atoms with Gasteiger partial charge in [-0.15, -0.1) is 10.2 Å². The molecular weight excluding hydrogens is 540 g/mol. The maximum atomic E-state index is 14.3. The number of fused-ring (bicyclic) bond motifs is 1. The zero-order valence-electron chi connectivity index (χ0n) is 24.0. The van der Waals surface area contributed by atoms with E-state index in [0.29, 0.717) is 35.8 Å². The average molecular weight is 573 g/mol. The van der Waals surface area contributed by atoms with Crippen LogP contribution >= 0.6 is 0 Å². The number of hydrogen-bond donors (Lipinski definition) is 1. The first kappa shape index (κ1) is 26.8. The summed E-state index contributed by atoms with van der Waals surface area (Å²) in [6.07, 6.45) is 5.46. The molecule has 216 valence electrons. The van der Waals surface area contributed by atoms with E-state index < -0.39 is 0 Å². The molecule has 0 amide bonds. The Balaban J connectivity index is 1.45. The SMILES string of the molecule is CCn1c(=O)n(-c2ccccc2)c(=O)c2c1nc(C1CCCCC1)n2Cc1ccc(-c2ccccc2)c(-c2nn[nH]n2)c1. The van der Waals surface area contributed by atoms with Crippen LogP contribution in [0.1, 0.15) is 56.3 Å². The van der Waals surface area contributed by atoms with E-state index in [0.717, 1.165) is 53.8 Å². The van der Waals surface area contributed by atoms with Gasteiger partial charge in [0, 0.05) is 24.6 Å². The first-order valence-corrected chi connectivity index (χ1v) is 14.9. The molecule has 7 rings (SSSR count). The lowest BCUT2D eigenvalue weighted by molar-refractivity contribution is 0.420. The molecule has 1 aliphatic carbocycles. The Labute approximate surface area is 247 Å². The maximum Gasteiger partial charge on any atom is 0.337 e. The van der Waals surface area contributed by atoms with E-state index in [1.54, 1.807) is 16.7 Å². The largest absolute Gasteiger partial charge is 0.337 e. The van der Waals surface area contributed by atoms with Crippen molar-refractivity contribution < 1.29 is 0 Å². The fourth-order valence-corrected chi connectivity index (χ4v) is 6.39. The fraction of sp³-hybridized carbons (Fsp3) is 0.273. The molecule has 1 aliphatic rings. The first-order chi connectivity index (χ1) is 21.1. The highest BCUT2D eigenvalue weighted by molar-refractivity contribution is 5.81. The Morgan fingerprint density at radius 3 is 2.30 bits per heavy atom. The summed E-state index contributed by atoms with van der Waals surface area (Å²) in [6, 6.07) is 25.4. The van der Waals surface area contributed by atoms with Gasteiger partial charge in [0.05, 0.1) is 5.69 Å². The van der Waals surface area contributed by atoms with Crippen LogP contribution in [-0.4, -0.2) is 39.3 Å². The molecule has 0 radical (unpaired) electrons. The quantitative estimate of drug-likeness (QED) is 0.277. The molecule has 10 heteroatoms. The van der Waals surface area contributed by atoms with Crippen molar-refractivity contribution in [3.8, 4) is 28.2 Å². The number of aromatic amines is 1. The van der Waals surface area contributed by atoms with Crippen LogP contribution in [0.4, 0.5) is 0 Å². The van der Waals surface area contributed by atoms with Crippen LogP contribution in [0.15, 0.2) is 88.5 Å². The van der Waals surface area contributed by atoms with Crippen LogP contribution in [0, 0.1) is 0 Å². The van der Waals surface area contributed by atoms with Crippen molar-refractivity contribution >= 4 is 11.2 Å². The van der Waals surface area contributed by atoms with Gasteiger partial charge in [-0.05, 0) is 59.9 Å². The van der Waals surface area contributed by atoms with Gasteiger partial charge in [-0.3, -0.25) is 9.36 Å². The number of nitrogens with one attached hydrogen (secondary N) is 1. The van der Waals surface area contributed by atoms with E-state index in [-0.39, 0.29) is 17.2 Å². The monoisotopic (exact) mass is 572 g/mol. The van der Waals surface area contributed by atoms with Crippen LogP contribution in [0.25, 0.3) is 39.4 Å². The van der Waals surface area contributed by atoms with Gasteiger partial charge in [-0.25, -0.2) is 14.3 Å². The van der Waals surface area contributed by atoms with E-state index in [4.69, 9.17) is 4.98 Å². The summed E-state index contributed by atoms with van der Waals surface area (Å²) in [5.74, 6) is 1.58. The van der Waals surface area contributed by atoms with Crippen molar-refractivity contribution in [2.45, 2.75) is 58.0 Å². The lowest BCUT2D eigenvalue weighted by Crippen LogP contribution is -2.39. The topological polar surface area (TPSA) is 116 Å². The van der Waals surface area contributed by atoms with Crippen molar-refractivity contribution in [3.63, 3.8) is 0 Å². The zero-order valence-corrected chi connectivity index (χ0v) is 24.0. The van der Waals surface area contributed by atoms with Gasteiger partial charge in [0.15, 0.2) is 11.2 Å². The number of hydrogen-bond acceptors (Lipinski definition) is 6. The van der Waals surface area contributed by atoms with Crippen molar-refractivity contribution in [2.75, 3.05) is 0 Å². The molecule has 0 atom stereocenters. The van der Waals surface area contributed by atoms with Crippen molar-refractivity contribution in [3.05, 3.63) is 111 Å². The Kier molecular flexibility index (Phi) is 7.02. The third-order valence-corrected chi connectivity index (χ3v) is 8.46. The molecule has 0 saturated heterocycles. The fourth-order valence-electron chi connectivity index (χ4n) is 6.39. The molecule has 1 N–H and O–H groups in total. The molecule has 0 spiro atoms. The number of tetrazole rings is 1. The van der Waals surface area contributed by atoms with E-state index in [9.17, 15) is 9.59 Å². The smallest absolute Gasteiger partial charge is 0.317 e. The molecule has 10 nitrogen and oxygen atoms in total. The highest BCUT2D eigenvalue weighted by Crippen LogP contribution is 2.35. The van der Waals surface area contributed by atoms with Crippen LogP contribution in [-0.2, 0) is 13.1 Å². The normalized spacial score (nSPS) is 14.0. The number of nitrogens with zero attached hydrogens (tertiary/aromatic N) is 7. The molecule has 0 unspecified atom stereocenters. The van der Waals surface area contributed by atoms with E-state index >= 15 is 0 Å². The molecule has 0 aliphatic heterocycles. The molecular formula is C33H32N8O2. The van der Waals surface area contributed by atoms with Gasteiger partial charge in [0.1, 0.15) is 5.82 Å². The number of rotatable bonds is 7. The highest BCUT2D eigenvalue weighted by Gasteiger charge is 2.27. The molecule has 1 fully saturated rings. The van der Waals surface area contributed by atoms with E-state index in [1.165, 1.54) is 11.0 Å². The molecule has 3 heterocycles. The number of benzene rings is 3. The van der Waals surface area contributed by atoms with Crippen molar-refractivity contribution in [1.29, 1.82) is 0 Å². The van der Waals surface area contributed by atoms with Gasteiger partial charge in [-0.2, -0.15) is 5.21 Å². The summed E-state index contributed by atoms with van der Waals surface area (Å²) >= 11 is 0. The van der Waals surface area contributed by atoms with E-state index in [1.807, 2.05) is 43.3 Å². The number of para-hydroxylation sites is 1. The number of aromatic nitrogens is 8. The summed E-state index contributed by atoms with van der Waals surface area (Å²) < 4.78 is 4.95. The number of H-pyrrole nitrogens is 1. The average Bonchev–Trinajstić information content (AvgIpc) is 3.72. The summed E-state index contributed by atoms with van der Waals surface area (Å²) in [4.78, 5) is 33.0. The molecule has 3 aromatic heterocycles. The Hall–Kier alpha value is -5.12. The summed E-state index contributed by atoms with van der Waals surface area (Å²) in [6.45, 7) is 2.73. The van der Waals surface area contributed by atoms with Crippen LogP contribution in [0.5, 0.6) is 0 Å². The van der Waals surface area contributed by atoms with Crippen LogP contribution in [0.2, 0.25) is 0 Å². The second kappa shape index (κ2) is 11.3. The lowest BCUT2D eigenvalue weighted by atomic mass is 9.88. The second-order valence-corrected chi connectivity index (χ2v) is 11.0. The molecule has 6 aromatic rings. The van der Waals surface area contributed by atoms with Gasteiger partial charge in [0.25, 0.3) is 5.56 Å². The van der Waals surface area contributed by atoms with E-state index in [2.05, 4.69) is 55.5 Å². The van der Waals surface area contributed by atoms with Gasteiger partial charge in [0.2, 0.25) is 5.82 Å². The Morgan fingerprint density at radius 2 is 1.60 bits per heavy atom. The van der Waals surface area contributed by atoms with Gasteiger partial charge in [-0.1, -0.05) is 79.9 Å². The first-order valence-electron chi connectivity index (χ1n) is 14.9. The zero-order chi connectivity index (χ0) is 29.3. The third-order valence-electron chi connectivity index (χ3n) is 8.46. The van der Waals surface area contributed by atoms with Gasteiger partial charge < -0.3 is 4.57 Å². The lowest BCUT2D eigenvalue weighted by Gasteiger charge is -2.22. The molecule has 0 bridgehead atoms. The molecule has 1 saturated carbocycles. The summed E-state index contributed by atoms with van der Waals surface area (Å²) in [7, 11) is 0. The minimum atomic E-state index is -0.377. The Bertz CT molecular complexity index is 2000. The number of aryl methyl sites for hydroxylation is 1. The minimum Gasteiger partial charge on any atom is -0.317 e. The number of imidazole rings is 1. The van der Waals surface area contributed by atoms with Crippen LogP contribution < -0.4 is 11.2 Å². The van der Waals surface area contributed by atoms with Gasteiger partial charge >= 0.3 is 5.69 Å². The predicted octanol–water partition coefficient (Wildman–Crippen LogP) is 5.31. The predicted molar refractivity (Wildman–Crippen MR) is 165 cm³/mol. The highest BCUT2D eigenvalue weighted by atomic mass is 16.2.